The molecule has 12 heteroatoms. The third kappa shape index (κ3) is 5.63. The number of hydroxylamine groups is 1. The quantitative estimate of drug-likeness (QED) is 0.426. The first-order valence-corrected chi connectivity index (χ1v) is 8.55. The van der Waals surface area contributed by atoms with Crippen molar-refractivity contribution in [2.45, 2.75) is 13.2 Å². The van der Waals surface area contributed by atoms with Gasteiger partial charge in [0.05, 0.1) is 19.0 Å². The van der Waals surface area contributed by atoms with Gasteiger partial charge in [-0.3, -0.25) is 9.63 Å². The molecule has 0 aliphatic heterocycles. The maximum Gasteiger partial charge on any atom is 0.388 e. The second-order valence-electron chi connectivity index (χ2n) is 5.84. The summed E-state index contributed by atoms with van der Waals surface area (Å²) in [6.45, 7) is -3.40. The molecule has 0 fully saturated rings. The molecule has 0 atom stereocenters. The van der Waals surface area contributed by atoms with Crippen LogP contribution in [0.15, 0.2) is 42.7 Å². The smallest absolute Gasteiger partial charge is 0.388 e. The molecule has 2 heterocycles. The van der Waals surface area contributed by atoms with Crippen molar-refractivity contribution in [3.63, 3.8) is 0 Å². The molecule has 8 nitrogen and oxygen atoms in total. The summed E-state index contributed by atoms with van der Waals surface area (Å²) >= 11 is 0. The molecule has 1 amide bonds. The number of aromatic nitrogens is 3. The van der Waals surface area contributed by atoms with E-state index in [1.54, 1.807) is 0 Å². The van der Waals surface area contributed by atoms with Gasteiger partial charge in [-0.1, -0.05) is 0 Å². The number of alkyl halides is 2. The fraction of sp³-hybridized carbons (Fsp3) is 0.158. The highest BCUT2D eigenvalue weighted by atomic mass is 19.3. The van der Waals surface area contributed by atoms with Crippen LogP contribution in [0.4, 0.5) is 17.6 Å². The van der Waals surface area contributed by atoms with Crippen LogP contribution >= 0.6 is 0 Å². The summed E-state index contributed by atoms with van der Waals surface area (Å²) in [5.41, 5.74) is 1.66. The highest BCUT2D eigenvalue weighted by Gasteiger charge is 2.18. The summed E-state index contributed by atoms with van der Waals surface area (Å²) < 4.78 is 61.2. The minimum absolute atomic E-state index is 0.0430. The number of pyridine rings is 1. The first-order valence-electron chi connectivity index (χ1n) is 8.55. The van der Waals surface area contributed by atoms with Crippen molar-refractivity contribution in [2.24, 2.45) is 0 Å². The van der Waals surface area contributed by atoms with E-state index in [0.717, 1.165) is 18.5 Å². The van der Waals surface area contributed by atoms with Crippen LogP contribution in [0.3, 0.4) is 0 Å². The lowest BCUT2D eigenvalue weighted by atomic mass is 10.2. The molecule has 162 valence electrons. The molecule has 0 aliphatic carbocycles. The topological polar surface area (TPSA) is 95.5 Å². The number of benzene rings is 1. The molecule has 2 aromatic heterocycles. The average Bonchev–Trinajstić information content (AvgIpc) is 2.75. The summed E-state index contributed by atoms with van der Waals surface area (Å²) in [4.78, 5) is 28.1. The lowest BCUT2D eigenvalue weighted by molar-refractivity contribution is -0.0528. The van der Waals surface area contributed by atoms with Crippen molar-refractivity contribution in [1.29, 1.82) is 0 Å². The number of nitrogens with one attached hydrogen (secondary N) is 1. The molecule has 0 saturated carbocycles. The van der Waals surface area contributed by atoms with Crippen LogP contribution in [0, 0.1) is 11.8 Å². The van der Waals surface area contributed by atoms with Crippen molar-refractivity contribution in [1.82, 2.24) is 20.4 Å². The molecule has 3 aromatic rings. The first-order chi connectivity index (χ1) is 14.9. The molecule has 0 spiro atoms. The summed E-state index contributed by atoms with van der Waals surface area (Å²) in [5.74, 6) is -2.78. The van der Waals surface area contributed by atoms with Crippen LogP contribution in [-0.4, -0.2) is 34.6 Å². The van der Waals surface area contributed by atoms with Gasteiger partial charge in [0.25, 0.3) is 5.91 Å². The Balaban J connectivity index is 1.69. The number of ether oxygens (including phenoxy) is 2. The van der Waals surface area contributed by atoms with Gasteiger partial charge in [0.15, 0.2) is 5.69 Å². The number of amides is 1. The van der Waals surface area contributed by atoms with Crippen molar-refractivity contribution in [3.8, 4) is 22.9 Å². The number of carbonyl (C=O) groups is 1. The molecule has 0 aliphatic rings. The predicted molar refractivity (Wildman–Crippen MR) is 97.1 cm³/mol. The van der Waals surface area contributed by atoms with Crippen LogP contribution in [0.1, 0.15) is 16.1 Å². The van der Waals surface area contributed by atoms with Crippen LogP contribution in [-0.2, 0) is 11.4 Å². The molecule has 31 heavy (non-hydrogen) atoms. The maximum absolute atomic E-state index is 14.0. The normalized spacial score (nSPS) is 10.8. The molecule has 0 unspecified atom stereocenters. The van der Waals surface area contributed by atoms with E-state index in [0.29, 0.717) is 5.75 Å². The number of hydrogen-bond acceptors (Lipinski definition) is 7. The Hall–Kier alpha value is -3.80. The van der Waals surface area contributed by atoms with Gasteiger partial charge in [-0.2, -0.15) is 13.2 Å². The first kappa shape index (κ1) is 21.9. The summed E-state index contributed by atoms with van der Waals surface area (Å²) in [5, 5.41) is 0. The molecular weight excluding hydrogens is 424 g/mol. The monoisotopic (exact) mass is 438 g/mol. The molecule has 1 N–H and O–H groups in total. The standard InChI is InChI=1S/C19H14F4N4O4/c1-29-12-3-4-13(20)11(6-12)9-30-27-18(28)16-17(21)25-8-14(26-16)10-2-5-15(24-7-10)31-19(22)23/h2-8,19H,9H2,1H3,(H,27,28). The zero-order valence-electron chi connectivity index (χ0n) is 15.8. The Morgan fingerprint density at radius 3 is 2.61 bits per heavy atom. The van der Waals surface area contributed by atoms with Gasteiger partial charge >= 0.3 is 6.61 Å². The van der Waals surface area contributed by atoms with Crippen molar-refractivity contribution >= 4 is 5.91 Å². The summed E-state index contributed by atoms with van der Waals surface area (Å²) in [6.07, 6.45) is 2.17. The highest BCUT2D eigenvalue weighted by Crippen LogP contribution is 2.20. The Morgan fingerprint density at radius 2 is 1.94 bits per heavy atom. The molecular formula is C19H14F4N4O4. The third-order valence-corrected chi connectivity index (χ3v) is 3.83. The van der Waals surface area contributed by atoms with E-state index >= 15 is 0 Å². The Morgan fingerprint density at radius 1 is 1.13 bits per heavy atom. The summed E-state index contributed by atoms with van der Waals surface area (Å²) in [6, 6.07) is 6.43. The third-order valence-electron chi connectivity index (χ3n) is 3.83. The molecule has 0 bridgehead atoms. The summed E-state index contributed by atoms with van der Waals surface area (Å²) in [7, 11) is 1.41. The number of nitrogens with zero attached hydrogens (tertiary/aromatic N) is 3. The van der Waals surface area contributed by atoms with Gasteiger partial charge in [-0.15, -0.1) is 0 Å². The average molecular weight is 438 g/mol. The van der Waals surface area contributed by atoms with Gasteiger partial charge in [0.1, 0.15) is 18.2 Å². The Bertz CT molecular complexity index is 1070. The van der Waals surface area contributed by atoms with Crippen LogP contribution in [0.5, 0.6) is 11.6 Å². The van der Waals surface area contributed by atoms with Crippen LogP contribution in [0.25, 0.3) is 11.3 Å². The van der Waals surface area contributed by atoms with Crippen molar-refractivity contribution in [3.05, 3.63) is 65.7 Å². The van der Waals surface area contributed by atoms with E-state index in [1.165, 1.54) is 31.4 Å². The number of carbonyl (C=O) groups excluding carboxylic acids is 1. The van der Waals surface area contributed by atoms with Gasteiger partial charge in [-0.25, -0.2) is 24.8 Å². The van der Waals surface area contributed by atoms with E-state index in [-0.39, 0.29) is 29.3 Å². The van der Waals surface area contributed by atoms with Crippen LogP contribution in [0.2, 0.25) is 0 Å². The lowest BCUT2D eigenvalue weighted by Crippen LogP contribution is -2.26. The second kappa shape index (κ2) is 9.80. The van der Waals surface area contributed by atoms with Crippen LogP contribution < -0.4 is 15.0 Å². The molecule has 0 radical (unpaired) electrons. The molecule has 3 rings (SSSR count). The number of rotatable bonds is 8. The zero-order valence-corrected chi connectivity index (χ0v) is 15.8. The maximum atomic E-state index is 14.0. The minimum Gasteiger partial charge on any atom is -0.497 e. The SMILES string of the molecule is COc1ccc(F)c(CONC(=O)c2nc(-c3ccc(OC(F)F)nc3)cnc2F)c1. The zero-order chi connectivity index (χ0) is 22.4. The highest BCUT2D eigenvalue weighted by molar-refractivity contribution is 5.91. The Labute approximate surface area is 172 Å². The molecule has 1 aromatic carbocycles. The number of methoxy groups -OCH3 is 1. The lowest BCUT2D eigenvalue weighted by Gasteiger charge is -2.09. The van der Waals surface area contributed by atoms with Crippen molar-refractivity contribution in [2.75, 3.05) is 7.11 Å². The number of hydrogen-bond donors (Lipinski definition) is 1. The predicted octanol–water partition coefficient (Wildman–Crippen LogP) is 3.29. The van der Waals surface area contributed by atoms with E-state index in [4.69, 9.17) is 9.57 Å². The minimum atomic E-state index is -3.04. The van der Waals surface area contributed by atoms with E-state index in [9.17, 15) is 22.4 Å². The Kier molecular flexibility index (Phi) is 6.92. The van der Waals surface area contributed by atoms with Crippen molar-refractivity contribution < 1.29 is 36.7 Å². The second-order valence-corrected chi connectivity index (χ2v) is 5.84. The van der Waals surface area contributed by atoms with Gasteiger partial charge in [-0.05, 0) is 24.3 Å². The largest absolute Gasteiger partial charge is 0.497 e. The van der Waals surface area contributed by atoms with E-state index in [1.807, 2.05) is 5.48 Å². The molecule has 0 saturated heterocycles. The number of halogens is 4. The van der Waals surface area contributed by atoms with Gasteiger partial charge < -0.3 is 9.47 Å². The van der Waals surface area contributed by atoms with Gasteiger partial charge in [0.2, 0.25) is 11.8 Å². The fourth-order valence-corrected chi connectivity index (χ4v) is 2.37. The van der Waals surface area contributed by atoms with E-state index in [2.05, 4.69) is 19.7 Å². The van der Waals surface area contributed by atoms with E-state index < -0.39 is 30.0 Å². The van der Waals surface area contributed by atoms with Gasteiger partial charge in [0, 0.05) is 23.4 Å². The fourth-order valence-electron chi connectivity index (χ4n) is 2.37.